The fourth-order valence-electron chi connectivity index (χ4n) is 1.84. The number of nitrogens with zero attached hydrogens (tertiary/aromatic N) is 2. The predicted octanol–water partition coefficient (Wildman–Crippen LogP) is 2.88. The Balaban J connectivity index is 2.28. The van der Waals surface area contributed by atoms with Gasteiger partial charge in [-0.25, -0.2) is 9.78 Å². The highest BCUT2D eigenvalue weighted by Crippen LogP contribution is 2.17. The summed E-state index contributed by atoms with van der Waals surface area (Å²) in [5.74, 6) is -0.475. The number of rotatable bonds is 4. The summed E-state index contributed by atoms with van der Waals surface area (Å²) < 4.78 is 4.64. The van der Waals surface area contributed by atoms with Gasteiger partial charge in [-0.05, 0) is 12.0 Å². The van der Waals surface area contributed by atoms with Gasteiger partial charge in [0.1, 0.15) is 0 Å². The number of hydrogen-bond acceptors (Lipinski definition) is 4. The number of hydrogen-bond donors (Lipinski definition) is 0. The van der Waals surface area contributed by atoms with Gasteiger partial charge in [0.15, 0.2) is 5.69 Å². The molecule has 1 aromatic heterocycles. The molecule has 0 spiro atoms. The third-order valence-electron chi connectivity index (χ3n) is 2.82. The maximum Gasteiger partial charge on any atom is 0.358 e. The highest BCUT2D eigenvalue weighted by atomic mass is 16.5. The molecule has 0 atom stereocenters. The number of carbonyl (C=O) groups excluding carboxylic acids is 1. The molecular weight excluding hydrogens is 240 g/mol. The van der Waals surface area contributed by atoms with Gasteiger partial charge in [0.25, 0.3) is 0 Å². The van der Waals surface area contributed by atoms with Crippen LogP contribution in [-0.4, -0.2) is 23.0 Å². The first kappa shape index (κ1) is 13.2. The minimum atomic E-state index is -0.475. The van der Waals surface area contributed by atoms with Crippen LogP contribution in [0.4, 0.5) is 0 Å². The van der Waals surface area contributed by atoms with Gasteiger partial charge in [0.2, 0.25) is 0 Å². The van der Waals surface area contributed by atoms with Gasteiger partial charge in [0, 0.05) is 5.56 Å². The van der Waals surface area contributed by atoms with Crippen LogP contribution in [0.3, 0.4) is 0 Å². The van der Waals surface area contributed by atoms with Crippen molar-refractivity contribution in [2.45, 2.75) is 19.8 Å². The summed E-state index contributed by atoms with van der Waals surface area (Å²) in [4.78, 5) is 19.7. The quantitative estimate of drug-likeness (QED) is 0.789. The SMILES string of the molecule is CCCc1ccc(-c2cncc(C(=O)OC)n2)cc1. The van der Waals surface area contributed by atoms with Gasteiger partial charge in [0.05, 0.1) is 25.2 Å². The Labute approximate surface area is 112 Å². The lowest BCUT2D eigenvalue weighted by Gasteiger charge is -2.04. The van der Waals surface area contributed by atoms with E-state index in [9.17, 15) is 4.79 Å². The van der Waals surface area contributed by atoms with Crippen molar-refractivity contribution in [2.24, 2.45) is 0 Å². The molecule has 0 aliphatic rings. The molecule has 0 fully saturated rings. The fraction of sp³-hybridized carbons (Fsp3) is 0.267. The maximum absolute atomic E-state index is 11.4. The molecule has 0 unspecified atom stereocenters. The largest absolute Gasteiger partial charge is 0.464 e. The average Bonchev–Trinajstić information content (AvgIpc) is 2.48. The molecule has 0 amide bonds. The molecule has 0 radical (unpaired) electrons. The zero-order valence-electron chi connectivity index (χ0n) is 11.1. The van der Waals surface area contributed by atoms with Crippen molar-refractivity contribution >= 4 is 5.97 Å². The monoisotopic (exact) mass is 256 g/mol. The summed E-state index contributed by atoms with van der Waals surface area (Å²) in [6, 6.07) is 8.14. The van der Waals surface area contributed by atoms with E-state index in [1.165, 1.54) is 18.9 Å². The Hall–Kier alpha value is -2.23. The lowest BCUT2D eigenvalue weighted by Crippen LogP contribution is -2.05. The van der Waals surface area contributed by atoms with Gasteiger partial charge in [-0.2, -0.15) is 0 Å². The van der Waals surface area contributed by atoms with Crippen molar-refractivity contribution in [3.05, 3.63) is 47.9 Å². The molecule has 0 N–H and O–H groups in total. The maximum atomic E-state index is 11.4. The number of methoxy groups -OCH3 is 1. The molecule has 0 bridgehead atoms. The van der Waals surface area contributed by atoms with E-state index < -0.39 is 5.97 Å². The second kappa shape index (κ2) is 6.09. The minimum absolute atomic E-state index is 0.220. The molecule has 1 aromatic carbocycles. The summed E-state index contributed by atoms with van der Waals surface area (Å²) >= 11 is 0. The van der Waals surface area contributed by atoms with E-state index in [1.54, 1.807) is 6.20 Å². The predicted molar refractivity (Wildman–Crippen MR) is 72.8 cm³/mol. The van der Waals surface area contributed by atoms with Crippen molar-refractivity contribution in [1.29, 1.82) is 0 Å². The van der Waals surface area contributed by atoms with Crippen LogP contribution < -0.4 is 0 Å². The molecule has 0 saturated heterocycles. The first-order chi connectivity index (χ1) is 9.24. The Morgan fingerprint density at radius 3 is 2.58 bits per heavy atom. The van der Waals surface area contributed by atoms with Crippen molar-refractivity contribution in [3.63, 3.8) is 0 Å². The van der Waals surface area contributed by atoms with Crippen molar-refractivity contribution in [1.82, 2.24) is 9.97 Å². The van der Waals surface area contributed by atoms with Crippen LogP contribution in [0.2, 0.25) is 0 Å². The summed E-state index contributed by atoms with van der Waals surface area (Å²) in [6.07, 6.45) is 5.23. The Kier molecular flexibility index (Phi) is 4.23. The van der Waals surface area contributed by atoms with Crippen LogP contribution in [0.5, 0.6) is 0 Å². The summed E-state index contributed by atoms with van der Waals surface area (Å²) in [6.45, 7) is 2.15. The van der Waals surface area contributed by atoms with Crippen LogP contribution >= 0.6 is 0 Å². The van der Waals surface area contributed by atoms with E-state index in [-0.39, 0.29) is 5.69 Å². The lowest BCUT2D eigenvalue weighted by molar-refractivity contribution is 0.0593. The molecule has 19 heavy (non-hydrogen) atoms. The zero-order chi connectivity index (χ0) is 13.7. The van der Waals surface area contributed by atoms with Gasteiger partial charge in [-0.15, -0.1) is 0 Å². The lowest BCUT2D eigenvalue weighted by atomic mass is 10.1. The third kappa shape index (κ3) is 3.16. The number of aromatic nitrogens is 2. The van der Waals surface area contributed by atoms with Gasteiger partial charge >= 0.3 is 5.97 Å². The fourth-order valence-corrected chi connectivity index (χ4v) is 1.84. The summed E-state index contributed by atoms with van der Waals surface area (Å²) in [5, 5.41) is 0. The van der Waals surface area contributed by atoms with Gasteiger partial charge in [-0.3, -0.25) is 4.98 Å². The molecule has 2 aromatic rings. The highest BCUT2D eigenvalue weighted by molar-refractivity contribution is 5.87. The van der Waals surface area contributed by atoms with E-state index in [4.69, 9.17) is 0 Å². The normalized spacial score (nSPS) is 10.2. The van der Waals surface area contributed by atoms with E-state index in [0.29, 0.717) is 5.69 Å². The first-order valence-corrected chi connectivity index (χ1v) is 6.24. The Morgan fingerprint density at radius 1 is 1.21 bits per heavy atom. The standard InChI is InChI=1S/C15H16N2O2/c1-3-4-11-5-7-12(8-6-11)13-9-16-10-14(17-13)15(18)19-2/h5-10H,3-4H2,1-2H3. The Bertz CT molecular complexity index is 565. The highest BCUT2D eigenvalue weighted by Gasteiger charge is 2.09. The molecule has 4 nitrogen and oxygen atoms in total. The second-order valence-electron chi connectivity index (χ2n) is 4.23. The third-order valence-corrected chi connectivity index (χ3v) is 2.82. The van der Waals surface area contributed by atoms with E-state index in [2.05, 4.69) is 33.8 Å². The van der Waals surface area contributed by atoms with Crippen molar-refractivity contribution in [2.75, 3.05) is 7.11 Å². The summed E-state index contributed by atoms with van der Waals surface area (Å²) in [7, 11) is 1.33. The number of aryl methyl sites for hydroxylation is 1. The topological polar surface area (TPSA) is 52.1 Å². The smallest absolute Gasteiger partial charge is 0.358 e. The van der Waals surface area contributed by atoms with Crippen LogP contribution in [0.15, 0.2) is 36.7 Å². The molecule has 1 heterocycles. The van der Waals surface area contributed by atoms with Crippen LogP contribution in [0, 0.1) is 0 Å². The summed E-state index contributed by atoms with van der Waals surface area (Å²) in [5.41, 5.74) is 3.13. The molecule has 4 heteroatoms. The molecule has 0 saturated carbocycles. The number of ether oxygens (including phenoxy) is 1. The molecule has 98 valence electrons. The Morgan fingerprint density at radius 2 is 1.95 bits per heavy atom. The number of benzene rings is 1. The van der Waals surface area contributed by atoms with Gasteiger partial charge < -0.3 is 4.74 Å². The van der Waals surface area contributed by atoms with Crippen LogP contribution in [0.25, 0.3) is 11.3 Å². The van der Waals surface area contributed by atoms with Crippen LogP contribution in [-0.2, 0) is 11.2 Å². The number of carbonyl (C=O) groups is 1. The minimum Gasteiger partial charge on any atom is -0.464 e. The van der Waals surface area contributed by atoms with E-state index >= 15 is 0 Å². The first-order valence-electron chi connectivity index (χ1n) is 6.24. The second-order valence-corrected chi connectivity index (χ2v) is 4.23. The molecule has 0 aliphatic carbocycles. The van der Waals surface area contributed by atoms with Crippen molar-refractivity contribution in [3.8, 4) is 11.3 Å². The zero-order valence-corrected chi connectivity index (χ0v) is 11.1. The molecule has 0 aliphatic heterocycles. The van der Waals surface area contributed by atoms with E-state index in [0.717, 1.165) is 18.4 Å². The number of esters is 1. The molecular formula is C15H16N2O2. The molecule has 2 rings (SSSR count). The van der Waals surface area contributed by atoms with Crippen molar-refractivity contribution < 1.29 is 9.53 Å². The average molecular weight is 256 g/mol. The van der Waals surface area contributed by atoms with Gasteiger partial charge in [-0.1, -0.05) is 37.6 Å². The van der Waals surface area contributed by atoms with E-state index in [1.807, 2.05) is 12.1 Å². The van der Waals surface area contributed by atoms with Crippen LogP contribution in [0.1, 0.15) is 29.4 Å².